The second kappa shape index (κ2) is 8.56. The molecule has 162 valence electrons. The summed E-state index contributed by atoms with van der Waals surface area (Å²) in [5.41, 5.74) is 0.879. The Morgan fingerprint density at radius 2 is 1.84 bits per heavy atom. The molecule has 8 nitrogen and oxygen atoms in total. The Kier molecular flexibility index (Phi) is 5.84. The van der Waals surface area contributed by atoms with Crippen LogP contribution in [0.4, 0.5) is 10.1 Å². The SMILES string of the molecule is CNS(=O)(=O)c1ccc(C(=O)Nc2cc(-c3nnc4n3CCCCC4)ccc2F)cc1. The number of nitrogens with zero attached hydrogens (tertiary/aromatic N) is 3. The third kappa shape index (κ3) is 4.35. The van der Waals surface area contributed by atoms with E-state index in [2.05, 4.69) is 20.2 Å². The molecule has 0 bridgehead atoms. The topological polar surface area (TPSA) is 106 Å². The minimum Gasteiger partial charge on any atom is -0.319 e. The van der Waals surface area contributed by atoms with Gasteiger partial charge in [0.15, 0.2) is 5.82 Å². The minimum atomic E-state index is -3.60. The van der Waals surface area contributed by atoms with Crippen LogP contribution in [0.25, 0.3) is 11.4 Å². The zero-order valence-corrected chi connectivity index (χ0v) is 17.7. The number of carbonyl (C=O) groups is 1. The lowest BCUT2D eigenvalue weighted by Gasteiger charge is -2.11. The van der Waals surface area contributed by atoms with Crippen molar-refractivity contribution in [2.75, 3.05) is 12.4 Å². The molecule has 0 saturated heterocycles. The second-order valence-electron chi connectivity index (χ2n) is 7.28. The van der Waals surface area contributed by atoms with Crippen LogP contribution in [0.1, 0.15) is 35.4 Å². The van der Waals surface area contributed by atoms with E-state index >= 15 is 0 Å². The number of amides is 1. The van der Waals surface area contributed by atoms with Crippen LogP contribution in [0.15, 0.2) is 47.4 Å². The first-order valence-electron chi connectivity index (χ1n) is 9.96. The number of rotatable bonds is 5. The van der Waals surface area contributed by atoms with Gasteiger partial charge in [0.25, 0.3) is 5.91 Å². The molecule has 1 aliphatic rings. The fourth-order valence-corrected chi connectivity index (χ4v) is 4.29. The Morgan fingerprint density at radius 1 is 1.06 bits per heavy atom. The highest BCUT2D eigenvalue weighted by Gasteiger charge is 2.18. The zero-order valence-electron chi connectivity index (χ0n) is 16.9. The summed E-state index contributed by atoms with van der Waals surface area (Å²) in [7, 11) is -2.30. The number of aromatic nitrogens is 3. The molecule has 0 unspecified atom stereocenters. The van der Waals surface area contributed by atoms with E-state index in [0.29, 0.717) is 11.4 Å². The van der Waals surface area contributed by atoms with Gasteiger partial charge in [0.1, 0.15) is 11.6 Å². The van der Waals surface area contributed by atoms with Gasteiger partial charge in [-0.1, -0.05) is 6.42 Å². The number of benzene rings is 2. The van der Waals surface area contributed by atoms with Crippen molar-refractivity contribution in [3.63, 3.8) is 0 Å². The van der Waals surface area contributed by atoms with Crippen LogP contribution in [0, 0.1) is 5.82 Å². The smallest absolute Gasteiger partial charge is 0.255 e. The summed E-state index contributed by atoms with van der Waals surface area (Å²) in [5, 5.41) is 11.1. The molecule has 10 heteroatoms. The summed E-state index contributed by atoms with van der Waals surface area (Å²) >= 11 is 0. The highest BCUT2D eigenvalue weighted by Crippen LogP contribution is 2.27. The van der Waals surface area contributed by atoms with Crippen molar-refractivity contribution in [2.45, 2.75) is 37.1 Å². The first-order chi connectivity index (χ1) is 14.9. The molecule has 0 fully saturated rings. The Labute approximate surface area is 179 Å². The number of carbonyl (C=O) groups excluding carboxylic acids is 1. The lowest BCUT2D eigenvalue weighted by atomic mass is 10.1. The van der Waals surface area contributed by atoms with E-state index in [1.807, 2.05) is 4.57 Å². The average molecular weight is 444 g/mol. The molecule has 0 radical (unpaired) electrons. The molecule has 4 rings (SSSR count). The molecule has 3 aromatic rings. The van der Waals surface area contributed by atoms with Crippen LogP contribution >= 0.6 is 0 Å². The van der Waals surface area contributed by atoms with E-state index in [0.717, 1.165) is 38.1 Å². The Balaban J connectivity index is 1.58. The quantitative estimate of drug-likeness (QED) is 0.631. The summed E-state index contributed by atoms with van der Waals surface area (Å²) < 4.78 is 42.3. The number of halogens is 1. The lowest BCUT2D eigenvalue weighted by molar-refractivity contribution is 0.102. The van der Waals surface area contributed by atoms with Gasteiger partial charge in [-0.15, -0.1) is 10.2 Å². The van der Waals surface area contributed by atoms with Gasteiger partial charge in [-0.2, -0.15) is 0 Å². The molecule has 31 heavy (non-hydrogen) atoms. The molecule has 2 N–H and O–H groups in total. The van der Waals surface area contributed by atoms with E-state index in [1.54, 1.807) is 6.07 Å². The van der Waals surface area contributed by atoms with Gasteiger partial charge >= 0.3 is 0 Å². The average Bonchev–Trinajstić information content (AvgIpc) is 3.03. The Hall–Kier alpha value is -3.11. The second-order valence-corrected chi connectivity index (χ2v) is 9.17. The van der Waals surface area contributed by atoms with Crippen LogP contribution in [0.2, 0.25) is 0 Å². The Bertz CT molecular complexity index is 1220. The number of fused-ring (bicyclic) bond motifs is 1. The van der Waals surface area contributed by atoms with Gasteiger partial charge < -0.3 is 9.88 Å². The summed E-state index contributed by atoms with van der Waals surface area (Å²) in [6, 6.07) is 9.82. The molecule has 2 heterocycles. The predicted octanol–water partition coefficient (Wildman–Crippen LogP) is 2.97. The number of anilines is 1. The highest BCUT2D eigenvalue weighted by molar-refractivity contribution is 7.89. The van der Waals surface area contributed by atoms with Crippen LogP contribution < -0.4 is 10.0 Å². The van der Waals surface area contributed by atoms with Crippen molar-refractivity contribution >= 4 is 21.6 Å². The lowest BCUT2D eigenvalue weighted by Crippen LogP contribution is -2.19. The van der Waals surface area contributed by atoms with Gasteiger partial charge in [-0.05, 0) is 62.4 Å². The third-order valence-electron chi connectivity index (χ3n) is 5.28. The van der Waals surface area contributed by atoms with Crippen LogP contribution in [-0.2, 0) is 23.0 Å². The summed E-state index contributed by atoms with van der Waals surface area (Å²) in [6.45, 7) is 0.804. The number of hydrogen-bond acceptors (Lipinski definition) is 5. The number of aryl methyl sites for hydroxylation is 1. The summed E-state index contributed by atoms with van der Waals surface area (Å²) in [6.07, 6.45) is 4.08. The van der Waals surface area contributed by atoms with Gasteiger partial charge in [0.05, 0.1) is 10.6 Å². The molecule has 0 saturated carbocycles. The monoisotopic (exact) mass is 443 g/mol. The van der Waals surface area contributed by atoms with Crippen LogP contribution in [-0.4, -0.2) is 36.1 Å². The standard InChI is InChI=1S/C21H22FN5O3S/c1-23-31(29,30)16-9-6-14(7-10-16)21(28)24-18-13-15(8-11-17(18)22)20-26-25-19-5-3-2-4-12-27(19)20/h6-11,13,23H,2-5,12H2,1H3,(H,24,28). The van der Waals surface area contributed by atoms with Crippen LogP contribution in [0.3, 0.4) is 0 Å². The Morgan fingerprint density at radius 3 is 2.58 bits per heavy atom. The van der Waals surface area contributed by atoms with E-state index in [-0.39, 0.29) is 16.1 Å². The molecular weight excluding hydrogens is 421 g/mol. The molecule has 0 spiro atoms. The van der Waals surface area contributed by atoms with E-state index < -0.39 is 21.7 Å². The fourth-order valence-electron chi connectivity index (χ4n) is 3.56. The summed E-state index contributed by atoms with van der Waals surface area (Å²) in [4.78, 5) is 12.6. The largest absolute Gasteiger partial charge is 0.319 e. The highest BCUT2D eigenvalue weighted by atomic mass is 32.2. The molecule has 0 atom stereocenters. The first-order valence-corrected chi connectivity index (χ1v) is 11.4. The van der Waals surface area contributed by atoms with Gasteiger partial charge in [0, 0.05) is 24.1 Å². The molecule has 1 amide bonds. The van der Waals surface area contributed by atoms with E-state index in [4.69, 9.17) is 0 Å². The van der Waals surface area contributed by atoms with Gasteiger partial charge in [-0.25, -0.2) is 17.5 Å². The number of nitrogens with one attached hydrogen (secondary N) is 2. The van der Waals surface area contributed by atoms with Crippen molar-refractivity contribution in [3.05, 3.63) is 59.7 Å². The van der Waals surface area contributed by atoms with Gasteiger partial charge in [-0.3, -0.25) is 4.79 Å². The number of hydrogen-bond donors (Lipinski definition) is 2. The normalized spacial score (nSPS) is 14.0. The van der Waals surface area contributed by atoms with Gasteiger partial charge in [0.2, 0.25) is 10.0 Å². The minimum absolute atomic E-state index is 0.0143. The van der Waals surface area contributed by atoms with Crippen molar-refractivity contribution in [2.24, 2.45) is 0 Å². The molecular formula is C21H22FN5O3S. The van der Waals surface area contributed by atoms with Crippen molar-refractivity contribution in [3.8, 4) is 11.4 Å². The number of sulfonamides is 1. The summed E-state index contributed by atoms with van der Waals surface area (Å²) in [5.74, 6) is 0.430. The maximum Gasteiger partial charge on any atom is 0.255 e. The fraction of sp³-hybridized carbons (Fsp3) is 0.286. The maximum absolute atomic E-state index is 14.4. The molecule has 1 aliphatic heterocycles. The van der Waals surface area contributed by atoms with E-state index in [1.165, 1.54) is 43.4 Å². The molecule has 2 aromatic carbocycles. The maximum atomic E-state index is 14.4. The first kappa shape index (κ1) is 21.1. The molecule has 0 aliphatic carbocycles. The van der Waals surface area contributed by atoms with Crippen LogP contribution in [0.5, 0.6) is 0 Å². The van der Waals surface area contributed by atoms with Crippen molar-refractivity contribution in [1.82, 2.24) is 19.5 Å². The predicted molar refractivity (Wildman–Crippen MR) is 114 cm³/mol. The zero-order chi connectivity index (χ0) is 22.0. The third-order valence-corrected chi connectivity index (χ3v) is 6.71. The van der Waals surface area contributed by atoms with E-state index in [9.17, 15) is 17.6 Å². The van der Waals surface area contributed by atoms with Crippen molar-refractivity contribution < 1.29 is 17.6 Å². The van der Waals surface area contributed by atoms with Crippen molar-refractivity contribution in [1.29, 1.82) is 0 Å². The molecule has 1 aromatic heterocycles.